The maximum Gasteiger partial charge on any atom is 0.338 e. The third-order valence-electron chi connectivity index (χ3n) is 4.92. The first-order chi connectivity index (χ1) is 12.7. The molecule has 1 N–H and O–H groups in total. The Balaban J connectivity index is 1.66. The Labute approximate surface area is 151 Å². The number of hydrogen-bond acceptors (Lipinski definition) is 7. The molecule has 2 aromatic rings. The Kier molecular flexibility index (Phi) is 4.32. The number of anilines is 1. The number of nitrogens with zero attached hydrogens (tertiary/aromatic N) is 4. The van der Waals surface area contributed by atoms with Gasteiger partial charge in [-0.3, -0.25) is 0 Å². The van der Waals surface area contributed by atoms with E-state index in [1.54, 1.807) is 4.68 Å². The number of methoxy groups -OCH3 is 1. The van der Waals surface area contributed by atoms with Crippen LogP contribution in [0.5, 0.6) is 5.75 Å². The van der Waals surface area contributed by atoms with Gasteiger partial charge in [0.15, 0.2) is 0 Å². The van der Waals surface area contributed by atoms with Crippen molar-refractivity contribution < 1.29 is 14.3 Å². The van der Waals surface area contributed by atoms with Crippen molar-refractivity contribution in [3.05, 3.63) is 41.1 Å². The Bertz CT molecular complexity index is 837. The van der Waals surface area contributed by atoms with Crippen LogP contribution in [0.3, 0.4) is 0 Å². The van der Waals surface area contributed by atoms with Gasteiger partial charge in [-0.25, -0.2) is 4.79 Å². The first kappa shape index (κ1) is 16.6. The minimum atomic E-state index is -0.450. The van der Waals surface area contributed by atoms with Gasteiger partial charge in [0.25, 0.3) is 0 Å². The van der Waals surface area contributed by atoms with Crippen molar-refractivity contribution >= 4 is 11.9 Å². The normalized spacial score (nSPS) is 19.8. The number of allylic oxidation sites excluding steroid dienone is 1. The SMILES string of the molecule is COC(=O)C1=C(C)Nc2nnnn2[C@@H]1c1ccc(OC2CCCC2)cc1. The second-order valence-electron chi connectivity index (χ2n) is 6.60. The minimum absolute atomic E-state index is 0.304. The van der Waals surface area contributed by atoms with Crippen LogP contribution in [0.1, 0.15) is 44.2 Å². The Morgan fingerprint density at radius 1 is 1.23 bits per heavy atom. The monoisotopic (exact) mass is 355 g/mol. The number of aromatic nitrogens is 4. The molecule has 1 aromatic carbocycles. The standard InChI is InChI=1S/C18H21N5O3/c1-11-15(17(24)25-2)16(23-18(19-11)20-21-22-23)12-7-9-14(10-8-12)26-13-5-3-4-6-13/h7-10,13,16H,3-6H2,1-2H3,(H,19,20,22)/t16-/m1/s1. The first-order valence-corrected chi connectivity index (χ1v) is 8.78. The predicted octanol–water partition coefficient (Wildman–Crippen LogP) is 2.46. The minimum Gasteiger partial charge on any atom is -0.490 e. The van der Waals surface area contributed by atoms with Gasteiger partial charge in [0.05, 0.1) is 18.8 Å². The van der Waals surface area contributed by atoms with E-state index in [0.29, 0.717) is 23.3 Å². The number of carbonyl (C=O) groups excluding carboxylic acids is 1. The molecule has 8 heteroatoms. The fourth-order valence-corrected chi connectivity index (χ4v) is 3.62. The average molecular weight is 355 g/mol. The van der Waals surface area contributed by atoms with Crippen LogP contribution in [0.25, 0.3) is 0 Å². The molecular formula is C18H21N5O3. The van der Waals surface area contributed by atoms with Gasteiger partial charge in [-0.2, -0.15) is 4.68 Å². The number of ether oxygens (including phenoxy) is 2. The van der Waals surface area contributed by atoms with Crippen LogP contribution in [0, 0.1) is 0 Å². The van der Waals surface area contributed by atoms with Crippen molar-refractivity contribution in [3.63, 3.8) is 0 Å². The van der Waals surface area contributed by atoms with Crippen LogP contribution in [-0.4, -0.2) is 39.4 Å². The summed E-state index contributed by atoms with van der Waals surface area (Å²) in [5, 5.41) is 14.8. The first-order valence-electron chi connectivity index (χ1n) is 8.78. The molecule has 0 spiro atoms. The summed E-state index contributed by atoms with van der Waals surface area (Å²) in [4.78, 5) is 12.4. The lowest BCUT2D eigenvalue weighted by Crippen LogP contribution is -2.29. The van der Waals surface area contributed by atoms with Crippen molar-refractivity contribution in [2.75, 3.05) is 12.4 Å². The zero-order chi connectivity index (χ0) is 18.1. The molecule has 0 amide bonds. The molecule has 1 atom stereocenters. The third-order valence-corrected chi connectivity index (χ3v) is 4.92. The molecule has 1 aliphatic heterocycles. The van der Waals surface area contributed by atoms with Crippen molar-refractivity contribution in [1.29, 1.82) is 0 Å². The number of fused-ring (bicyclic) bond motifs is 1. The van der Waals surface area contributed by atoms with Crippen LogP contribution in [-0.2, 0) is 9.53 Å². The lowest BCUT2D eigenvalue weighted by atomic mass is 9.96. The van der Waals surface area contributed by atoms with Crippen LogP contribution >= 0.6 is 0 Å². The second kappa shape index (κ2) is 6.78. The van der Waals surface area contributed by atoms with Gasteiger partial charge in [0, 0.05) is 5.70 Å². The van der Waals surface area contributed by atoms with Crippen molar-refractivity contribution in [3.8, 4) is 5.75 Å². The molecule has 136 valence electrons. The highest BCUT2D eigenvalue weighted by Crippen LogP contribution is 2.35. The van der Waals surface area contributed by atoms with Gasteiger partial charge in [-0.1, -0.05) is 17.2 Å². The van der Waals surface area contributed by atoms with E-state index in [1.807, 2.05) is 31.2 Å². The molecular weight excluding hydrogens is 334 g/mol. The van der Waals surface area contributed by atoms with E-state index in [1.165, 1.54) is 20.0 Å². The number of benzene rings is 1. The number of tetrazole rings is 1. The summed E-state index contributed by atoms with van der Waals surface area (Å²) in [5.41, 5.74) is 2.05. The Morgan fingerprint density at radius 2 is 1.96 bits per heavy atom. The smallest absolute Gasteiger partial charge is 0.338 e. The fourth-order valence-electron chi connectivity index (χ4n) is 3.62. The van der Waals surface area contributed by atoms with Gasteiger partial charge in [0.2, 0.25) is 5.95 Å². The summed E-state index contributed by atoms with van der Waals surface area (Å²) in [5.74, 6) is 0.922. The largest absolute Gasteiger partial charge is 0.490 e. The summed E-state index contributed by atoms with van der Waals surface area (Å²) in [6, 6.07) is 7.31. The molecule has 0 saturated heterocycles. The van der Waals surface area contributed by atoms with Gasteiger partial charge in [-0.05, 0) is 60.7 Å². The highest BCUT2D eigenvalue weighted by atomic mass is 16.5. The van der Waals surface area contributed by atoms with Gasteiger partial charge < -0.3 is 14.8 Å². The molecule has 1 saturated carbocycles. The van der Waals surface area contributed by atoms with Crippen LogP contribution in [0.15, 0.2) is 35.5 Å². The highest BCUT2D eigenvalue weighted by Gasteiger charge is 2.34. The molecule has 2 aliphatic rings. The third kappa shape index (κ3) is 2.91. The summed E-state index contributed by atoms with van der Waals surface area (Å²) in [7, 11) is 1.37. The summed E-state index contributed by atoms with van der Waals surface area (Å²) in [6.07, 6.45) is 4.98. The molecule has 0 unspecified atom stereocenters. The highest BCUT2D eigenvalue weighted by molar-refractivity contribution is 5.92. The maximum atomic E-state index is 12.4. The number of nitrogens with one attached hydrogen (secondary N) is 1. The topological polar surface area (TPSA) is 91.2 Å². The number of rotatable bonds is 4. The Hall–Kier alpha value is -2.90. The van der Waals surface area contributed by atoms with Gasteiger partial charge >= 0.3 is 5.97 Å². The van der Waals surface area contributed by atoms with E-state index < -0.39 is 12.0 Å². The zero-order valence-electron chi connectivity index (χ0n) is 14.8. The molecule has 4 rings (SSSR count). The fraction of sp³-hybridized carbons (Fsp3) is 0.444. The van der Waals surface area contributed by atoms with Crippen LogP contribution in [0.2, 0.25) is 0 Å². The summed E-state index contributed by atoms with van der Waals surface area (Å²) in [6.45, 7) is 1.81. The molecule has 2 heterocycles. The number of esters is 1. The molecule has 26 heavy (non-hydrogen) atoms. The lowest BCUT2D eigenvalue weighted by Gasteiger charge is -2.27. The van der Waals surface area contributed by atoms with Crippen molar-refractivity contribution in [2.24, 2.45) is 0 Å². The summed E-state index contributed by atoms with van der Waals surface area (Å²) < 4.78 is 12.6. The maximum absolute atomic E-state index is 12.4. The molecule has 1 fully saturated rings. The van der Waals surface area contributed by atoms with Crippen molar-refractivity contribution in [2.45, 2.75) is 44.8 Å². The van der Waals surface area contributed by atoms with E-state index in [2.05, 4.69) is 20.8 Å². The Morgan fingerprint density at radius 3 is 2.65 bits per heavy atom. The molecule has 8 nitrogen and oxygen atoms in total. The van der Waals surface area contributed by atoms with Crippen molar-refractivity contribution in [1.82, 2.24) is 20.2 Å². The van der Waals surface area contributed by atoms with Gasteiger partial charge in [0.1, 0.15) is 11.8 Å². The van der Waals surface area contributed by atoms with Crippen LogP contribution in [0.4, 0.5) is 5.95 Å². The van der Waals surface area contributed by atoms with E-state index in [4.69, 9.17) is 9.47 Å². The number of hydrogen-bond donors (Lipinski definition) is 1. The predicted molar refractivity (Wildman–Crippen MR) is 93.6 cm³/mol. The second-order valence-corrected chi connectivity index (χ2v) is 6.60. The summed E-state index contributed by atoms with van der Waals surface area (Å²) >= 11 is 0. The van der Waals surface area contributed by atoms with E-state index in [-0.39, 0.29) is 0 Å². The van der Waals surface area contributed by atoms with Gasteiger partial charge in [-0.15, -0.1) is 0 Å². The van der Waals surface area contributed by atoms with E-state index in [9.17, 15) is 4.79 Å². The van der Waals surface area contributed by atoms with Crippen LogP contribution < -0.4 is 10.1 Å². The molecule has 1 aliphatic carbocycles. The quantitative estimate of drug-likeness (QED) is 0.842. The average Bonchev–Trinajstić information content (AvgIpc) is 3.32. The molecule has 0 bridgehead atoms. The van der Waals surface area contributed by atoms with E-state index >= 15 is 0 Å². The lowest BCUT2D eigenvalue weighted by molar-refractivity contribution is -0.136. The molecule has 1 aromatic heterocycles. The number of carbonyl (C=O) groups is 1. The zero-order valence-corrected chi connectivity index (χ0v) is 14.8. The van der Waals surface area contributed by atoms with E-state index in [0.717, 1.165) is 24.2 Å². The molecule has 0 radical (unpaired) electrons.